The van der Waals surface area contributed by atoms with Crippen molar-refractivity contribution in [2.75, 3.05) is 11.4 Å². The molecule has 1 aliphatic heterocycles. The number of aliphatic hydroxyl groups excluding tert-OH is 1. The minimum absolute atomic E-state index is 0.0621. The molecular weight excluding hydrogens is 593 g/mol. The van der Waals surface area contributed by atoms with Gasteiger partial charge in [0.2, 0.25) is 10.0 Å². The lowest BCUT2D eigenvalue weighted by atomic mass is 9.82. The fourth-order valence-electron chi connectivity index (χ4n) is 7.64. The van der Waals surface area contributed by atoms with Crippen LogP contribution in [0.4, 0.5) is 5.69 Å². The Morgan fingerprint density at radius 1 is 0.978 bits per heavy atom. The Morgan fingerprint density at radius 2 is 1.74 bits per heavy atom. The van der Waals surface area contributed by atoms with Crippen LogP contribution < -0.4 is 4.31 Å². The fraction of sp³-hybridized carbons (Fsp3) is 0.462. The molecule has 4 aromatic rings. The molecule has 0 amide bonds. The van der Waals surface area contributed by atoms with E-state index in [1.54, 1.807) is 13.1 Å². The average Bonchev–Trinajstić information content (AvgIpc) is 3.77. The zero-order chi connectivity index (χ0) is 32.6. The number of carbonyl (C=O) groups is 1. The first kappa shape index (κ1) is 32.5. The van der Waals surface area contributed by atoms with Gasteiger partial charge in [0.15, 0.2) is 5.78 Å². The minimum atomic E-state index is -3.57. The average molecular weight is 641 g/mol. The maximum atomic E-state index is 14.2. The van der Waals surface area contributed by atoms with E-state index in [2.05, 4.69) is 67.9 Å². The van der Waals surface area contributed by atoms with Crippen molar-refractivity contribution >= 4 is 32.4 Å². The maximum Gasteiger partial charge on any atom is 0.242 e. The summed E-state index contributed by atoms with van der Waals surface area (Å²) >= 11 is 0. The zero-order valence-electron chi connectivity index (χ0n) is 27.7. The number of carbonyl (C=O) groups excluding carboxylic acids is 1. The Kier molecular flexibility index (Phi) is 9.19. The van der Waals surface area contributed by atoms with E-state index in [0.29, 0.717) is 49.4 Å². The molecule has 1 aliphatic carbocycles. The van der Waals surface area contributed by atoms with Crippen LogP contribution in [0.25, 0.3) is 10.9 Å². The van der Waals surface area contributed by atoms with Crippen molar-refractivity contribution in [3.05, 3.63) is 101 Å². The summed E-state index contributed by atoms with van der Waals surface area (Å²) < 4.78 is 30.2. The molecule has 1 spiro atoms. The number of Topliss-reactive ketones (excluding diaryl/α,β-unsaturated/α-hetero) is 1. The van der Waals surface area contributed by atoms with Crippen LogP contribution in [0, 0.1) is 12.8 Å². The number of ketones is 1. The van der Waals surface area contributed by atoms with Gasteiger partial charge in [0.25, 0.3) is 0 Å². The SMILES string of the molecule is CCC[C@@H](CC[C@@H](O)[C@@H](CC(=O)c1cc2c3c(c1)c(CC)cn3CC1(CC1)S(=O)(=O)N2C)Cc1ccccc1)c1cccc(C)c1. The normalized spacial score (nSPS) is 18.3. The number of hydrogen-bond acceptors (Lipinski definition) is 4. The molecule has 2 heterocycles. The molecule has 6 rings (SSSR count). The smallest absolute Gasteiger partial charge is 0.242 e. The second-order valence-electron chi connectivity index (χ2n) is 13.8. The quantitative estimate of drug-likeness (QED) is 0.150. The summed E-state index contributed by atoms with van der Waals surface area (Å²) in [5.41, 5.74) is 6.74. The topological polar surface area (TPSA) is 79.6 Å². The Morgan fingerprint density at radius 3 is 2.41 bits per heavy atom. The minimum Gasteiger partial charge on any atom is -0.393 e. The summed E-state index contributed by atoms with van der Waals surface area (Å²) in [7, 11) is -1.94. The molecule has 244 valence electrons. The highest BCUT2D eigenvalue weighted by Gasteiger charge is 2.58. The molecule has 1 N–H and O–H groups in total. The van der Waals surface area contributed by atoms with E-state index in [0.717, 1.165) is 47.7 Å². The van der Waals surface area contributed by atoms with Gasteiger partial charge in [-0.25, -0.2) is 8.42 Å². The molecule has 3 aromatic carbocycles. The van der Waals surface area contributed by atoms with Crippen molar-refractivity contribution in [3.8, 4) is 0 Å². The predicted octanol–water partition coefficient (Wildman–Crippen LogP) is 7.98. The van der Waals surface area contributed by atoms with Crippen LogP contribution in [0.3, 0.4) is 0 Å². The Bertz CT molecular complexity index is 1820. The van der Waals surface area contributed by atoms with E-state index in [4.69, 9.17) is 0 Å². The zero-order valence-corrected chi connectivity index (χ0v) is 28.5. The van der Waals surface area contributed by atoms with E-state index in [9.17, 15) is 18.3 Å². The lowest BCUT2D eigenvalue weighted by molar-refractivity contribution is 0.0736. The molecule has 2 aliphatic rings. The molecule has 1 fully saturated rings. The van der Waals surface area contributed by atoms with Gasteiger partial charge >= 0.3 is 0 Å². The Hall–Kier alpha value is -3.42. The third-order valence-electron chi connectivity index (χ3n) is 10.5. The van der Waals surface area contributed by atoms with Gasteiger partial charge in [-0.2, -0.15) is 0 Å². The number of aromatic nitrogens is 1. The van der Waals surface area contributed by atoms with E-state index in [1.807, 2.05) is 24.3 Å². The highest BCUT2D eigenvalue weighted by Crippen LogP contribution is 2.51. The van der Waals surface area contributed by atoms with Crippen molar-refractivity contribution in [3.63, 3.8) is 0 Å². The van der Waals surface area contributed by atoms with E-state index in [1.165, 1.54) is 15.4 Å². The number of benzene rings is 3. The van der Waals surface area contributed by atoms with Crippen LogP contribution in [0.5, 0.6) is 0 Å². The first-order chi connectivity index (χ1) is 22.1. The third-order valence-corrected chi connectivity index (χ3v) is 13.1. The molecule has 46 heavy (non-hydrogen) atoms. The monoisotopic (exact) mass is 640 g/mol. The number of sulfonamides is 1. The van der Waals surface area contributed by atoms with Crippen LogP contribution in [0.1, 0.15) is 97.3 Å². The van der Waals surface area contributed by atoms with Gasteiger partial charge in [-0.05, 0) is 92.5 Å². The molecule has 0 saturated heterocycles. The Balaban J connectivity index is 1.30. The molecule has 6 nitrogen and oxygen atoms in total. The van der Waals surface area contributed by atoms with Crippen LogP contribution in [0.2, 0.25) is 0 Å². The molecule has 0 radical (unpaired) electrons. The summed E-state index contributed by atoms with van der Waals surface area (Å²) in [6, 6.07) is 22.5. The maximum absolute atomic E-state index is 14.2. The van der Waals surface area contributed by atoms with Gasteiger partial charge in [-0.3, -0.25) is 9.10 Å². The van der Waals surface area contributed by atoms with E-state index in [-0.39, 0.29) is 18.1 Å². The van der Waals surface area contributed by atoms with E-state index < -0.39 is 20.9 Å². The number of hydrogen-bond donors (Lipinski definition) is 1. The molecule has 0 unspecified atom stereocenters. The first-order valence-corrected chi connectivity index (χ1v) is 18.5. The van der Waals surface area contributed by atoms with Crippen LogP contribution >= 0.6 is 0 Å². The predicted molar refractivity (Wildman–Crippen MR) is 187 cm³/mol. The summed E-state index contributed by atoms with van der Waals surface area (Å²) in [5, 5.41) is 12.7. The molecule has 3 atom stereocenters. The van der Waals surface area contributed by atoms with Crippen molar-refractivity contribution in [2.24, 2.45) is 5.92 Å². The highest BCUT2D eigenvalue weighted by atomic mass is 32.2. The Labute approximate surface area is 274 Å². The lowest BCUT2D eigenvalue weighted by Gasteiger charge is -2.26. The fourth-order valence-corrected chi connectivity index (χ4v) is 9.54. The van der Waals surface area contributed by atoms with Crippen molar-refractivity contribution < 1.29 is 18.3 Å². The number of rotatable bonds is 13. The van der Waals surface area contributed by atoms with Gasteiger partial charge in [-0.15, -0.1) is 0 Å². The van der Waals surface area contributed by atoms with Crippen LogP contribution in [0.15, 0.2) is 72.9 Å². The second kappa shape index (κ2) is 13.0. The van der Waals surface area contributed by atoms with Gasteiger partial charge in [0.05, 0.1) is 17.3 Å². The standard InChI is InChI=1S/C39H48N2O4S/c1-5-11-30(31-15-10-12-27(3)20-31)16-17-36(42)32(21-28-13-8-7-9-14-28)24-37(43)33-22-34-29(6-2)25-41-26-39(18-19-39)46(44,45)40(4)35(23-33)38(34)41/h7-10,12-15,20,22-23,25,30,32,36,42H,5-6,11,16-19,21,24,26H2,1-4H3/t30-,32+,36+/m0/s1. The summed E-state index contributed by atoms with van der Waals surface area (Å²) in [6.07, 6.45) is 7.90. The van der Waals surface area contributed by atoms with Gasteiger partial charge in [0.1, 0.15) is 4.75 Å². The van der Waals surface area contributed by atoms with Crippen LogP contribution in [-0.2, 0) is 29.4 Å². The summed E-state index contributed by atoms with van der Waals surface area (Å²) in [6.45, 7) is 6.86. The van der Waals surface area contributed by atoms with Gasteiger partial charge in [-0.1, -0.05) is 80.4 Å². The highest BCUT2D eigenvalue weighted by molar-refractivity contribution is 7.94. The number of aliphatic hydroxyl groups is 1. The van der Waals surface area contributed by atoms with Crippen molar-refractivity contribution in [2.45, 2.75) is 102 Å². The van der Waals surface area contributed by atoms with Crippen molar-refractivity contribution in [1.82, 2.24) is 4.57 Å². The third kappa shape index (κ3) is 6.16. The first-order valence-electron chi connectivity index (χ1n) is 17.0. The largest absolute Gasteiger partial charge is 0.393 e. The summed E-state index contributed by atoms with van der Waals surface area (Å²) in [5.74, 6) is 0.0275. The lowest BCUT2D eigenvalue weighted by Crippen LogP contribution is -2.38. The van der Waals surface area contributed by atoms with Gasteiger partial charge in [0, 0.05) is 37.2 Å². The molecule has 1 saturated carbocycles. The second-order valence-corrected chi connectivity index (χ2v) is 16.2. The van der Waals surface area contributed by atoms with Crippen molar-refractivity contribution in [1.29, 1.82) is 0 Å². The van der Waals surface area contributed by atoms with Gasteiger partial charge < -0.3 is 9.67 Å². The number of nitrogens with zero attached hydrogens (tertiary/aromatic N) is 2. The molecule has 1 aromatic heterocycles. The number of aryl methyl sites for hydroxylation is 2. The number of anilines is 1. The summed E-state index contributed by atoms with van der Waals surface area (Å²) in [4.78, 5) is 14.2. The van der Waals surface area contributed by atoms with Crippen LogP contribution in [-0.4, -0.2) is 41.8 Å². The molecule has 0 bridgehead atoms. The molecule has 7 heteroatoms. The molecular formula is C39H48N2O4S. The van der Waals surface area contributed by atoms with E-state index >= 15 is 0 Å².